The van der Waals surface area contributed by atoms with Crippen molar-refractivity contribution in [2.45, 2.75) is 25.9 Å². The molecule has 0 saturated heterocycles. The monoisotopic (exact) mass is 265 g/mol. The van der Waals surface area contributed by atoms with E-state index < -0.39 is 0 Å². The number of carbonyl (C=O) groups excluding carboxylic acids is 1. The Morgan fingerprint density at radius 2 is 2.50 bits per heavy atom. The molecule has 1 amide bonds. The van der Waals surface area contributed by atoms with E-state index in [1.807, 2.05) is 17.7 Å². The molecule has 2 aromatic rings. The predicted octanol–water partition coefficient (Wildman–Crippen LogP) is 1.13. The number of hydrogen-bond donors (Lipinski definition) is 2. The summed E-state index contributed by atoms with van der Waals surface area (Å²) in [5, 5.41) is 5.00. The Labute approximate surface area is 109 Å². The van der Waals surface area contributed by atoms with Crippen molar-refractivity contribution < 1.29 is 4.79 Å². The Kier molecular flexibility index (Phi) is 3.93. The van der Waals surface area contributed by atoms with Gasteiger partial charge in [-0.25, -0.2) is 9.97 Å². The molecule has 0 aliphatic rings. The highest BCUT2D eigenvalue weighted by Crippen LogP contribution is 2.11. The Hall–Kier alpha value is -1.89. The molecule has 0 spiro atoms. The topological polar surface area (TPSA) is 85.8 Å². The Bertz CT molecular complexity index is 507. The van der Waals surface area contributed by atoms with Crippen LogP contribution < -0.4 is 11.1 Å². The van der Waals surface area contributed by atoms with Crippen LogP contribution in [0.1, 0.15) is 23.8 Å². The molecule has 6 nitrogen and oxygen atoms in total. The second-order valence-corrected chi connectivity index (χ2v) is 4.80. The number of anilines is 1. The fourth-order valence-corrected chi connectivity index (χ4v) is 2.12. The first-order chi connectivity index (χ1) is 8.69. The summed E-state index contributed by atoms with van der Waals surface area (Å²) in [4.78, 5) is 19.8. The van der Waals surface area contributed by atoms with Gasteiger partial charge in [-0.05, 0) is 6.42 Å². The summed E-state index contributed by atoms with van der Waals surface area (Å²) >= 11 is 1.26. The zero-order valence-electron chi connectivity index (χ0n) is 10.0. The molecular weight excluding hydrogens is 250 g/mol. The van der Waals surface area contributed by atoms with Crippen LogP contribution in [0.3, 0.4) is 0 Å². The molecule has 3 N–H and O–H groups in total. The molecule has 0 aliphatic carbocycles. The van der Waals surface area contributed by atoms with Crippen LogP contribution in [0.25, 0.3) is 0 Å². The Balaban J connectivity index is 1.96. The van der Waals surface area contributed by atoms with Crippen molar-refractivity contribution in [2.24, 2.45) is 0 Å². The van der Waals surface area contributed by atoms with Crippen LogP contribution in [0.4, 0.5) is 5.13 Å². The molecule has 2 heterocycles. The maximum absolute atomic E-state index is 11.9. The van der Waals surface area contributed by atoms with Crippen molar-refractivity contribution in [3.63, 3.8) is 0 Å². The number of nitrogen functional groups attached to an aromatic ring is 1. The van der Waals surface area contributed by atoms with Gasteiger partial charge in [0.25, 0.3) is 5.91 Å². The summed E-state index contributed by atoms with van der Waals surface area (Å²) in [7, 11) is 0. The molecule has 0 fully saturated rings. The van der Waals surface area contributed by atoms with Crippen molar-refractivity contribution in [1.82, 2.24) is 19.9 Å². The van der Waals surface area contributed by atoms with Gasteiger partial charge in [0.05, 0.1) is 6.33 Å². The van der Waals surface area contributed by atoms with Crippen LogP contribution in [0, 0.1) is 0 Å². The molecule has 18 heavy (non-hydrogen) atoms. The minimum absolute atomic E-state index is 0.0506. The van der Waals surface area contributed by atoms with Crippen molar-refractivity contribution in [2.75, 3.05) is 5.73 Å². The molecular formula is C11H15N5OS. The predicted molar refractivity (Wildman–Crippen MR) is 70.3 cm³/mol. The van der Waals surface area contributed by atoms with Crippen molar-refractivity contribution >= 4 is 22.4 Å². The number of nitrogens with zero attached hydrogens (tertiary/aromatic N) is 3. The van der Waals surface area contributed by atoms with E-state index in [1.165, 1.54) is 11.3 Å². The van der Waals surface area contributed by atoms with E-state index in [1.54, 1.807) is 17.9 Å². The van der Waals surface area contributed by atoms with Gasteiger partial charge < -0.3 is 15.6 Å². The van der Waals surface area contributed by atoms with E-state index >= 15 is 0 Å². The number of thiazole rings is 1. The molecule has 7 heteroatoms. The summed E-state index contributed by atoms with van der Waals surface area (Å²) in [6, 6.07) is 0.0506. The minimum atomic E-state index is -0.185. The van der Waals surface area contributed by atoms with Crippen LogP contribution in [-0.4, -0.2) is 26.5 Å². The fourth-order valence-electron chi connectivity index (χ4n) is 1.58. The van der Waals surface area contributed by atoms with Gasteiger partial charge in [-0.1, -0.05) is 6.92 Å². The largest absolute Gasteiger partial charge is 0.375 e. The SMILES string of the molecule is CC[C@H](Cn1ccnc1)NC(=O)c1csc(N)n1. The zero-order chi connectivity index (χ0) is 13.0. The third kappa shape index (κ3) is 3.07. The standard InChI is InChI=1S/C11H15N5OS/c1-2-8(5-16-4-3-13-7-16)14-10(17)9-6-18-11(12)15-9/h3-4,6-8H,2,5H2,1H3,(H2,12,15)(H,14,17)/t8-/m1/s1. The maximum Gasteiger partial charge on any atom is 0.271 e. The van der Waals surface area contributed by atoms with Gasteiger partial charge in [-0.2, -0.15) is 0 Å². The van der Waals surface area contributed by atoms with Crippen molar-refractivity contribution in [3.05, 3.63) is 29.8 Å². The number of hydrogen-bond acceptors (Lipinski definition) is 5. The summed E-state index contributed by atoms with van der Waals surface area (Å²) in [5.41, 5.74) is 5.88. The van der Waals surface area contributed by atoms with Gasteiger partial charge in [0.15, 0.2) is 5.13 Å². The lowest BCUT2D eigenvalue weighted by Crippen LogP contribution is -2.37. The number of imidazole rings is 1. The van der Waals surface area contributed by atoms with Gasteiger partial charge in [-0.15, -0.1) is 11.3 Å². The first-order valence-corrected chi connectivity index (χ1v) is 6.54. The molecule has 0 aliphatic heterocycles. The average molecular weight is 265 g/mol. The molecule has 0 bridgehead atoms. The van der Waals surface area contributed by atoms with E-state index in [2.05, 4.69) is 15.3 Å². The van der Waals surface area contributed by atoms with Gasteiger partial charge in [0.2, 0.25) is 0 Å². The molecule has 0 unspecified atom stereocenters. The number of aromatic nitrogens is 3. The van der Waals surface area contributed by atoms with Crippen molar-refractivity contribution in [1.29, 1.82) is 0 Å². The van der Waals surface area contributed by atoms with Crippen LogP contribution in [0.2, 0.25) is 0 Å². The third-order valence-electron chi connectivity index (χ3n) is 2.57. The summed E-state index contributed by atoms with van der Waals surface area (Å²) in [6.45, 7) is 2.72. The van der Waals surface area contributed by atoms with Crippen LogP contribution in [-0.2, 0) is 6.54 Å². The van der Waals surface area contributed by atoms with E-state index in [-0.39, 0.29) is 11.9 Å². The van der Waals surface area contributed by atoms with Gasteiger partial charge >= 0.3 is 0 Å². The third-order valence-corrected chi connectivity index (χ3v) is 3.25. The summed E-state index contributed by atoms with van der Waals surface area (Å²) in [5.74, 6) is -0.185. The molecule has 2 aromatic heterocycles. The van der Waals surface area contributed by atoms with Crippen LogP contribution >= 0.6 is 11.3 Å². The van der Waals surface area contributed by atoms with Crippen LogP contribution in [0.15, 0.2) is 24.1 Å². The number of amides is 1. The molecule has 2 rings (SSSR count). The van der Waals surface area contributed by atoms with Gasteiger partial charge in [-0.3, -0.25) is 4.79 Å². The summed E-state index contributed by atoms with van der Waals surface area (Å²) < 4.78 is 1.93. The first kappa shape index (κ1) is 12.6. The molecule has 1 atom stereocenters. The lowest BCUT2D eigenvalue weighted by Gasteiger charge is -2.16. The van der Waals surface area contributed by atoms with E-state index in [9.17, 15) is 4.79 Å². The minimum Gasteiger partial charge on any atom is -0.375 e. The quantitative estimate of drug-likeness (QED) is 0.848. The molecule has 96 valence electrons. The smallest absolute Gasteiger partial charge is 0.271 e. The lowest BCUT2D eigenvalue weighted by molar-refractivity contribution is 0.0927. The highest BCUT2D eigenvalue weighted by atomic mass is 32.1. The fraction of sp³-hybridized carbons (Fsp3) is 0.364. The second kappa shape index (κ2) is 5.63. The van der Waals surface area contributed by atoms with E-state index in [0.717, 1.165) is 6.42 Å². The summed E-state index contributed by atoms with van der Waals surface area (Å²) in [6.07, 6.45) is 6.16. The van der Waals surface area contributed by atoms with E-state index in [4.69, 9.17) is 5.73 Å². The average Bonchev–Trinajstić information content (AvgIpc) is 2.99. The highest BCUT2D eigenvalue weighted by molar-refractivity contribution is 7.13. The van der Waals surface area contributed by atoms with Gasteiger partial charge in [0, 0.05) is 30.4 Å². The van der Waals surface area contributed by atoms with Crippen molar-refractivity contribution in [3.8, 4) is 0 Å². The first-order valence-electron chi connectivity index (χ1n) is 5.66. The molecule has 0 saturated carbocycles. The normalized spacial score (nSPS) is 12.3. The van der Waals surface area contributed by atoms with E-state index in [0.29, 0.717) is 17.4 Å². The highest BCUT2D eigenvalue weighted by Gasteiger charge is 2.14. The Morgan fingerprint density at radius 3 is 3.06 bits per heavy atom. The Morgan fingerprint density at radius 1 is 1.67 bits per heavy atom. The number of carbonyl (C=O) groups is 1. The number of rotatable bonds is 5. The number of nitrogens with two attached hydrogens (primary N) is 1. The lowest BCUT2D eigenvalue weighted by atomic mass is 10.2. The van der Waals surface area contributed by atoms with Gasteiger partial charge in [0.1, 0.15) is 5.69 Å². The maximum atomic E-state index is 11.9. The number of nitrogens with one attached hydrogen (secondary N) is 1. The van der Waals surface area contributed by atoms with Crippen LogP contribution in [0.5, 0.6) is 0 Å². The molecule has 0 radical (unpaired) electrons. The molecule has 0 aromatic carbocycles. The second-order valence-electron chi connectivity index (χ2n) is 3.91. The zero-order valence-corrected chi connectivity index (χ0v) is 10.9.